The summed E-state index contributed by atoms with van der Waals surface area (Å²) in [6.07, 6.45) is -4.47. The highest BCUT2D eigenvalue weighted by atomic mass is 32.1. The summed E-state index contributed by atoms with van der Waals surface area (Å²) in [5, 5.41) is 8.05. The summed E-state index contributed by atoms with van der Waals surface area (Å²) in [4.78, 5) is 31.6. The first-order valence-corrected chi connectivity index (χ1v) is 11.2. The normalized spacial score (nSPS) is 18.2. The lowest BCUT2D eigenvalue weighted by atomic mass is 9.90. The highest BCUT2D eigenvalue weighted by molar-refractivity contribution is 7.29. The van der Waals surface area contributed by atoms with Crippen molar-refractivity contribution in [3.63, 3.8) is 0 Å². The molecule has 3 aromatic rings. The average Bonchev–Trinajstić information content (AvgIpc) is 3.41. The Hall–Kier alpha value is -2.77. The molecule has 1 unspecified atom stereocenters. The van der Waals surface area contributed by atoms with Gasteiger partial charge in [0.1, 0.15) is 10.6 Å². The number of fused-ring (bicyclic) bond motifs is 1. The number of hydrogen-bond acceptors (Lipinski definition) is 7. The van der Waals surface area contributed by atoms with Gasteiger partial charge in [-0.3, -0.25) is 4.79 Å². The van der Waals surface area contributed by atoms with Crippen LogP contribution in [0.25, 0.3) is 9.53 Å². The summed E-state index contributed by atoms with van der Waals surface area (Å²) in [6, 6.07) is 8.25. The molecule has 1 saturated heterocycles. The van der Waals surface area contributed by atoms with Crippen LogP contribution in [-0.4, -0.2) is 60.2 Å². The first-order chi connectivity index (χ1) is 15.3. The number of rotatable bonds is 3. The van der Waals surface area contributed by atoms with Gasteiger partial charge in [-0.2, -0.15) is 13.2 Å². The van der Waals surface area contributed by atoms with Gasteiger partial charge in [0.05, 0.1) is 15.1 Å². The first kappa shape index (κ1) is 24.9. The molecule has 178 valence electrons. The number of aliphatic carboxylic acids is 1. The molecule has 2 aromatic heterocycles. The Labute approximate surface area is 194 Å². The van der Waals surface area contributed by atoms with E-state index in [4.69, 9.17) is 15.6 Å². The number of alkyl halides is 3. The van der Waals surface area contributed by atoms with Crippen LogP contribution in [0.4, 0.5) is 22.7 Å². The molecule has 3 heterocycles. The third kappa shape index (κ3) is 5.60. The molecule has 0 saturated carbocycles. The molecule has 0 radical (unpaired) electrons. The second-order valence-electron chi connectivity index (χ2n) is 7.62. The maximum atomic E-state index is 13.5. The van der Waals surface area contributed by atoms with Gasteiger partial charge in [-0.15, -0.1) is 11.3 Å². The quantitative estimate of drug-likeness (QED) is 0.525. The van der Waals surface area contributed by atoms with Gasteiger partial charge in [-0.1, -0.05) is 23.5 Å². The van der Waals surface area contributed by atoms with Crippen molar-refractivity contribution in [1.29, 1.82) is 0 Å². The molecule has 13 heteroatoms. The lowest BCUT2D eigenvalue weighted by Gasteiger charge is -2.25. The van der Waals surface area contributed by atoms with Crippen molar-refractivity contribution >= 4 is 49.2 Å². The van der Waals surface area contributed by atoms with Crippen LogP contribution in [0.5, 0.6) is 0 Å². The molecule has 1 aromatic carbocycles. The number of amides is 1. The Morgan fingerprint density at radius 3 is 2.45 bits per heavy atom. The fourth-order valence-corrected chi connectivity index (χ4v) is 5.32. The van der Waals surface area contributed by atoms with Crippen molar-refractivity contribution in [2.45, 2.75) is 18.1 Å². The molecule has 7 nitrogen and oxygen atoms in total. The summed E-state index contributed by atoms with van der Waals surface area (Å²) in [6.45, 7) is 0.949. The van der Waals surface area contributed by atoms with E-state index < -0.39 is 17.7 Å². The average molecular weight is 505 g/mol. The van der Waals surface area contributed by atoms with Crippen molar-refractivity contribution in [2.24, 2.45) is 5.73 Å². The second-order valence-corrected chi connectivity index (χ2v) is 9.66. The number of benzene rings is 1. The Bertz CT molecular complexity index is 1150. The molecule has 1 aliphatic rings. The van der Waals surface area contributed by atoms with Crippen LogP contribution >= 0.6 is 22.7 Å². The number of nitrogens with zero attached hydrogens (tertiary/aromatic N) is 3. The lowest BCUT2D eigenvalue weighted by Crippen LogP contribution is -2.41. The van der Waals surface area contributed by atoms with Crippen LogP contribution in [-0.2, 0) is 10.3 Å². The van der Waals surface area contributed by atoms with Crippen LogP contribution in [0.2, 0.25) is 0 Å². The number of anilines is 1. The van der Waals surface area contributed by atoms with Gasteiger partial charge in [0, 0.05) is 27.2 Å². The number of thiophene rings is 1. The number of carbonyl (C=O) groups excluding carboxylic acids is 1. The molecule has 3 N–H and O–H groups in total. The van der Waals surface area contributed by atoms with Crippen LogP contribution in [0, 0.1) is 5.82 Å². The fourth-order valence-electron chi connectivity index (χ4n) is 3.22. The zero-order chi connectivity index (χ0) is 24.6. The predicted octanol–water partition coefficient (Wildman–Crippen LogP) is 3.90. The van der Waals surface area contributed by atoms with Gasteiger partial charge in [0.15, 0.2) is 5.13 Å². The molecule has 4 rings (SSSR count). The van der Waals surface area contributed by atoms with Gasteiger partial charge < -0.3 is 20.6 Å². The zero-order valence-corrected chi connectivity index (χ0v) is 19.2. The van der Waals surface area contributed by atoms with Crippen molar-refractivity contribution in [3.8, 4) is 0 Å². The minimum Gasteiger partial charge on any atom is -0.475 e. The summed E-state index contributed by atoms with van der Waals surface area (Å²) >= 11 is 2.98. The van der Waals surface area contributed by atoms with E-state index in [2.05, 4.69) is 4.98 Å². The number of carboxylic acids is 1. The number of nitrogens with two attached hydrogens (primary N) is 1. The van der Waals surface area contributed by atoms with Crippen molar-refractivity contribution in [3.05, 3.63) is 46.6 Å². The number of carbonyl (C=O) groups is 2. The van der Waals surface area contributed by atoms with Crippen molar-refractivity contribution in [2.75, 3.05) is 32.1 Å². The highest BCUT2D eigenvalue weighted by Crippen LogP contribution is 2.36. The number of likely N-dealkylation sites (tertiary alicyclic amines) is 1. The SMILES string of the molecule is CN(C)c1nc2sc(C(=O)N3CCC(N)(c4cccc(F)c4)C3)cc2s1.O=C(O)C(F)(F)F. The Morgan fingerprint density at radius 1 is 1.24 bits per heavy atom. The van der Waals surface area contributed by atoms with Gasteiger partial charge in [0.2, 0.25) is 0 Å². The summed E-state index contributed by atoms with van der Waals surface area (Å²) in [5.74, 6) is -3.10. The van der Waals surface area contributed by atoms with Gasteiger partial charge in [-0.25, -0.2) is 14.2 Å². The molecule has 0 aliphatic carbocycles. The van der Waals surface area contributed by atoms with Crippen LogP contribution in [0.1, 0.15) is 21.7 Å². The third-order valence-electron chi connectivity index (χ3n) is 4.90. The largest absolute Gasteiger partial charge is 0.490 e. The van der Waals surface area contributed by atoms with E-state index in [0.29, 0.717) is 24.4 Å². The molecular weight excluding hydrogens is 484 g/mol. The second kappa shape index (κ2) is 9.23. The Balaban J connectivity index is 0.000000383. The van der Waals surface area contributed by atoms with Gasteiger partial charge >= 0.3 is 12.1 Å². The van der Waals surface area contributed by atoms with E-state index in [0.717, 1.165) is 20.2 Å². The standard InChI is InChI=1S/C18H19FN4OS2.C2HF3O2/c1-22(2)17-21-15-13(26-17)9-14(25-15)16(24)23-7-6-18(20,10-23)11-4-3-5-12(19)8-11;3-2(4,5)1(6)7/h3-5,8-9H,6-7,10,20H2,1-2H3;(H,6,7). The van der Waals surface area contributed by atoms with Crippen molar-refractivity contribution in [1.82, 2.24) is 9.88 Å². The lowest BCUT2D eigenvalue weighted by molar-refractivity contribution is -0.192. The van der Waals surface area contributed by atoms with E-state index in [1.807, 2.05) is 31.1 Å². The minimum atomic E-state index is -5.08. The van der Waals surface area contributed by atoms with E-state index in [1.54, 1.807) is 22.3 Å². The monoisotopic (exact) mass is 504 g/mol. The minimum absolute atomic E-state index is 0.0321. The van der Waals surface area contributed by atoms with Crippen LogP contribution in [0.15, 0.2) is 30.3 Å². The molecule has 0 bridgehead atoms. The van der Waals surface area contributed by atoms with Crippen molar-refractivity contribution < 1.29 is 32.3 Å². The molecule has 1 aliphatic heterocycles. The molecule has 0 spiro atoms. The first-order valence-electron chi connectivity index (χ1n) is 9.52. The molecule has 33 heavy (non-hydrogen) atoms. The molecule has 1 amide bonds. The summed E-state index contributed by atoms with van der Waals surface area (Å²) in [5.41, 5.74) is 6.52. The maximum Gasteiger partial charge on any atom is 0.490 e. The number of thiazole rings is 1. The third-order valence-corrected chi connectivity index (χ3v) is 7.22. The Morgan fingerprint density at radius 2 is 1.91 bits per heavy atom. The van der Waals surface area contributed by atoms with E-state index >= 15 is 0 Å². The van der Waals surface area contributed by atoms with Gasteiger partial charge in [0.25, 0.3) is 5.91 Å². The maximum absolute atomic E-state index is 13.5. The fraction of sp³-hybridized carbons (Fsp3) is 0.350. The highest BCUT2D eigenvalue weighted by Gasteiger charge is 2.39. The molecule has 1 fully saturated rings. The number of carboxylic acid groups (broad SMARTS) is 1. The van der Waals surface area contributed by atoms with Gasteiger partial charge in [-0.05, 0) is 30.2 Å². The molecular formula is C20H20F4N4O3S2. The topological polar surface area (TPSA) is 99.8 Å². The molecule has 1 atom stereocenters. The number of aromatic nitrogens is 1. The summed E-state index contributed by atoms with van der Waals surface area (Å²) < 4.78 is 46.3. The zero-order valence-electron chi connectivity index (χ0n) is 17.5. The van der Waals surface area contributed by atoms with E-state index in [1.165, 1.54) is 23.5 Å². The van der Waals surface area contributed by atoms with Crippen LogP contribution in [0.3, 0.4) is 0 Å². The smallest absolute Gasteiger partial charge is 0.475 e. The van der Waals surface area contributed by atoms with E-state index in [9.17, 15) is 22.4 Å². The summed E-state index contributed by atoms with van der Waals surface area (Å²) in [7, 11) is 3.90. The number of halogens is 4. The Kier molecular flexibility index (Phi) is 6.96. The predicted molar refractivity (Wildman–Crippen MR) is 118 cm³/mol. The van der Waals surface area contributed by atoms with E-state index in [-0.39, 0.29) is 11.7 Å². The number of hydrogen-bond donors (Lipinski definition) is 2. The van der Waals surface area contributed by atoms with Crippen LogP contribution < -0.4 is 10.6 Å².